The Bertz CT molecular complexity index is 1070. The number of benzene rings is 1. The van der Waals surface area contributed by atoms with E-state index in [0.29, 0.717) is 9.90 Å². The van der Waals surface area contributed by atoms with Crippen LogP contribution in [0.15, 0.2) is 36.4 Å². The van der Waals surface area contributed by atoms with E-state index >= 15 is 0 Å². The predicted molar refractivity (Wildman–Crippen MR) is 121 cm³/mol. The maximum absolute atomic E-state index is 13.5. The zero-order valence-corrected chi connectivity index (χ0v) is 19.7. The number of carbonyl (C=O) groups excluding carboxylic acids is 2. The average Bonchev–Trinajstić information content (AvgIpc) is 3.18. The van der Waals surface area contributed by atoms with Crippen molar-refractivity contribution in [3.8, 4) is 10.4 Å². The van der Waals surface area contributed by atoms with Crippen molar-refractivity contribution >= 4 is 44.6 Å². The van der Waals surface area contributed by atoms with Gasteiger partial charge in [-0.3, -0.25) is 14.8 Å². The number of rotatable bonds is 5. The number of carbonyl (C=O) groups is 2. The predicted octanol–water partition coefficient (Wildman–Crippen LogP) is 3.46. The third kappa shape index (κ3) is 4.79. The summed E-state index contributed by atoms with van der Waals surface area (Å²) >= 11 is 7.25. The quantitative estimate of drug-likeness (QED) is 0.499. The smallest absolute Gasteiger partial charge is 0.245 e. The van der Waals surface area contributed by atoms with Gasteiger partial charge in [-0.2, -0.15) is 0 Å². The molecule has 1 atom stereocenters. The molecule has 0 aliphatic carbocycles. The Morgan fingerprint density at radius 1 is 1.19 bits per heavy atom. The summed E-state index contributed by atoms with van der Waals surface area (Å²) in [5.41, 5.74) is 2.45. The Morgan fingerprint density at radius 3 is 2.48 bits per heavy atom. The molecule has 1 unspecified atom stereocenters. The normalized spacial score (nSPS) is 21.0. The van der Waals surface area contributed by atoms with Gasteiger partial charge in [0.15, 0.2) is 9.84 Å². The van der Waals surface area contributed by atoms with Crippen molar-refractivity contribution in [1.29, 1.82) is 0 Å². The summed E-state index contributed by atoms with van der Waals surface area (Å²) in [4.78, 5) is 27.6. The highest BCUT2D eigenvalue weighted by Gasteiger charge is 2.49. The highest BCUT2D eigenvalue weighted by molar-refractivity contribution is 7.92. The molecule has 7 nitrogen and oxygen atoms in total. The van der Waals surface area contributed by atoms with Crippen molar-refractivity contribution < 1.29 is 23.2 Å². The highest BCUT2D eigenvalue weighted by Crippen LogP contribution is 2.45. The standard InChI is InChI=1S/C21H25ClN2O5S2/c1-14(2)20(26)24-10-9-21(13-19(25)23-27,31(28,29)12-11-24)18-8-7-17(30-18)15-3-5-16(22)6-4-15/h3-8,14,27H,9-13H2,1-2H3,(H,23,25). The van der Waals surface area contributed by atoms with Gasteiger partial charge in [0.25, 0.3) is 0 Å². The number of hydrogen-bond acceptors (Lipinski definition) is 6. The van der Waals surface area contributed by atoms with E-state index in [9.17, 15) is 18.0 Å². The molecule has 168 valence electrons. The van der Waals surface area contributed by atoms with Gasteiger partial charge in [0.05, 0.1) is 12.2 Å². The first-order chi connectivity index (χ1) is 14.6. The number of amides is 2. The van der Waals surface area contributed by atoms with E-state index < -0.39 is 26.9 Å². The summed E-state index contributed by atoms with van der Waals surface area (Å²) in [5.74, 6) is -1.41. The highest BCUT2D eigenvalue weighted by atomic mass is 35.5. The largest absolute Gasteiger partial charge is 0.341 e. The Balaban J connectivity index is 2.06. The lowest BCUT2D eigenvalue weighted by Crippen LogP contribution is -2.41. The lowest BCUT2D eigenvalue weighted by molar-refractivity contribution is -0.134. The molecule has 1 aliphatic rings. The van der Waals surface area contributed by atoms with Gasteiger partial charge >= 0.3 is 0 Å². The van der Waals surface area contributed by atoms with Crippen molar-refractivity contribution in [2.45, 2.75) is 31.4 Å². The molecule has 0 spiro atoms. The van der Waals surface area contributed by atoms with Gasteiger partial charge < -0.3 is 4.90 Å². The molecular weight excluding hydrogens is 460 g/mol. The fourth-order valence-electron chi connectivity index (χ4n) is 3.81. The number of sulfone groups is 1. The number of nitrogens with one attached hydrogen (secondary N) is 1. The molecule has 2 amide bonds. The first-order valence-electron chi connectivity index (χ1n) is 9.90. The van der Waals surface area contributed by atoms with Crippen LogP contribution in [0.1, 0.15) is 31.6 Å². The summed E-state index contributed by atoms with van der Waals surface area (Å²) in [6.07, 6.45) is -0.349. The number of nitrogens with zero attached hydrogens (tertiary/aromatic N) is 1. The van der Waals surface area contributed by atoms with Crippen LogP contribution < -0.4 is 5.48 Å². The summed E-state index contributed by atoms with van der Waals surface area (Å²) in [7, 11) is -3.82. The van der Waals surface area contributed by atoms with E-state index in [2.05, 4.69) is 0 Å². The second-order valence-electron chi connectivity index (χ2n) is 7.93. The second kappa shape index (κ2) is 9.28. The van der Waals surface area contributed by atoms with Gasteiger partial charge in [-0.25, -0.2) is 13.9 Å². The second-order valence-corrected chi connectivity index (χ2v) is 11.9. The maximum Gasteiger partial charge on any atom is 0.245 e. The number of thiophene rings is 1. The zero-order chi connectivity index (χ0) is 22.8. The molecule has 0 bridgehead atoms. The Morgan fingerprint density at radius 2 is 1.87 bits per heavy atom. The van der Waals surface area contributed by atoms with Crippen molar-refractivity contribution in [2.24, 2.45) is 5.92 Å². The van der Waals surface area contributed by atoms with Crippen molar-refractivity contribution in [2.75, 3.05) is 18.8 Å². The maximum atomic E-state index is 13.5. The van der Waals surface area contributed by atoms with Crippen LogP contribution in [0, 0.1) is 5.92 Å². The first kappa shape index (κ1) is 23.7. The van der Waals surface area contributed by atoms with E-state index in [4.69, 9.17) is 16.8 Å². The molecule has 2 N–H and O–H groups in total. The fraction of sp³-hybridized carbons (Fsp3) is 0.429. The molecule has 2 aromatic rings. The van der Waals surface area contributed by atoms with Crippen LogP contribution in [-0.2, 0) is 24.2 Å². The summed E-state index contributed by atoms with van der Waals surface area (Å²) in [5, 5.41) is 9.72. The van der Waals surface area contributed by atoms with E-state index in [-0.39, 0.29) is 37.1 Å². The van der Waals surface area contributed by atoms with E-state index in [1.54, 1.807) is 42.4 Å². The minimum atomic E-state index is -3.82. The van der Waals surface area contributed by atoms with Crippen LogP contribution in [0.3, 0.4) is 0 Å². The molecule has 1 aliphatic heterocycles. The molecule has 3 rings (SSSR count). The molecular formula is C21H25ClN2O5S2. The van der Waals surface area contributed by atoms with Crippen LogP contribution in [0.5, 0.6) is 0 Å². The lowest BCUT2D eigenvalue weighted by atomic mass is 9.97. The summed E-state index contributed by atoms with van der Waals surface area (Å²) in [6, 6.07) is 10.7. The van der Waals surface area contributed by atoms with Crippen molar-refractivity contribution in [3.05, 3.63) is 46.3 Å². The minimum absolute atomic E-state index is 0.0712. The van der Waals surface area contributed by atoms with Crippen LogP contribution in [0.2, 0.25) is 5.02 Å². The van der Waals surface area contributed by atoms with Crippen LogP contribution in [0.25, 0.3) is 10.4 Å². The molecule has 0 saturated carbocycles. The SMILES string of the molecule is CC(C)C(=O)N1CCC(CC(=O)NO)(c2ccc(-c3ccc(Cl)cc3)s2)S(=O)(=O)CC1. The monoisotopic (exact) mass is 484 g/mol. The molecule has 10 heteroatoms. The van der Waals surface area contributed by atoms with Gasteiger partial charge in [0, 0.05) is 33.8 Å². The third-order valence-corrected chi connectivity index (χ3v) is 9.77. The molecule has 1 aromatic heterocycles. The minimum Gasteiger partial charge on any atom is -0.341 e. The van der Waals surface area contributed by atoms with E-state index in [0.717, 1.165) is 10.4 Å². The Labute approximate surface area is 190 Å². The number of hydrogen-bond donors (Lipinski definition) is 2. The van der Waals surface area contributed by atoms with Crippen molar-refractivity contribution in [1.82, 2.24) is 10.4 Å². The van der Waals surface area contributed by atoms with Gasteiger partial charge in [0.2, 0.25) is 11.8 Å². The van der Waals surface area contributed by atoms with Gasteiger partial charge in [0.1, 0.15) is 4.75 Å². The number of hydroxylamine groups is 1. The van der Waals surface area contributed by atoms with Crippen LogP contribution >= 0.6 is 22.9 Å². The third-order valence-electron chi connectivity index (χ3n) is 5.57. The van der Waals surface area contributed by atoms with Gasteiger partial charge in [-0.1, -0.05) is 37.6 Å². The molecule has 1 aromatic carbocycles. The molecule has 1 fully saturated rings. The molecule has 1 saturated heterocycles. The first-order valence-corrected chi connectivity index (χ1v) is 12.7. The molecule has 31 heavy (non-hydrogen) atoms. The van der Waals surface area contributed by atoms with Crippen LogP contribution in [-0.4, -0.2) is 49.2 Å². The van der Waals surface area contributed by atoms with E-state index in [1.165, 1.54) is 11.3 Å². The fourth-order valence-corrected chi connectivity index (χ4v) is 7.54. The Kier molecular flexibility index (Phi) is 7.10. The molecule has 2 heterocycles. The summed E-state index contributed by atoms with van der Waals surface area (Å²) in [6.45, 7) is 3.83. The number of halogens is 1. The van der Waals surface area contributed by atoms with Crippen LogP contribution in [0.4, 0.5) is 0 Å². The van der Waals surface area contributed by atoms with Gasteiger partial charge in [-0.15, -0.1) is 11.3 Å². The average molecular weight is 485 g/mol. The molecule has 0 radical (unpaired) electrons. The Hall–Kier alpha value is -1.94. The van der Waals surface area contributed by atoms with Gasteiger partial charge in [-0.05, 0) is 36.2 Å². The van der Waals surface area contributed by atoms with E-state index in [1.807, 2.05) is 18.2 Å². The zero-order valence-electron chi connectivity index (χ0n) is 17.3. The van der Waals surface area contributed by atoms with Crippen molar-refractivity contribution in [3.63, 3.8) is 0 Å². The summed E-state index contributed by atoms with van der Waals surface area (Å²) < 4.78 is 25.5. The lowest BCUT2D eigenvalue weighted by Gasteiger charge is -2.30. The topological polar surface area (TPSA) is 104 Å².